The smallest absolute Gasteiger partial charge is 0.334 e. The van der Waals surface area contributed by atoms with E-state index in [1.54, 1.807) is 6.07 Å². The van der Waals surface area contributed by atoms with E-state index >= 15 is 0 Å². The van der Waals surface area contributed by atoms with Gasteiger partial charge in [-0.25, -0.2) is 4.79 Å². The van der Waals surface area contributed by atoms with Gasteiger partial charge in [-0.15, -0.1) is 0 Å². The maximum Gasteiger partial charge on any atom is 0.334 e. The summed E-state index contributed by atoms with van der Waals surface area (Å²) in [5, 5.41) is 19.7. The van der Waals surface area contributed by atoms with Crippen LogP contribution in [-0.2, 0) is 9.59 Å². The van der Waals surface area contributed by atoms with Crippen molar-refractivity contribution in [3.63, 3.8) is 0 Å². The molecular formula is C14H17NO5. The van der Waals surface area contributed by atoms with E-state index in [1.807, 2.05) is 6.07 Å². The van der Waals surface area contributed by atoms with Gasteiger partial charge in [0.05, 0.1) is 6.54 Å². The van der Waals surface area contributed by atoms with Crippen LogP contribution in [0.3, 0.4) is 0 Å². The molecule has 1 aromatic rings. The summed E-state index contributed by atoms with van der Waals surface area (Å²) in [6.45, 7) is 1.82. The summed E-state index contributed by atoms with van der Waals surface area (Å²) < 4.78 is 5.58. The molecule has 1 aliphatic carbocycles. The Morgan fingerprint density at radius 2 is 2.25 bits per heavy atom. The number of amides is 1. The maximum atomic E-state index is 11.4. The van der Waals surface area contributed by atoms with Crippen molar-refractivity contribution in [1.29, 1.82) is 0 Å². The molecule has 108 valence electrons. The van der Waals surface area contributed by atoms with Crippen molar-refractivity contribution < 1.29 is 24.2 Å². The summed E-state index contributed by atoms with van der Waals surface area (Å²) >= 11 is 0. The van der Waals surface area contributed by atoms with Gasteiger partial charge < -0.3 is 19.9 Å². The number of hydrogen-bond donors (Lipinski definition) is 3. The molecule has 1 amide bonds. The van der Waals surface area contributed by atoms with Crippen molar-refractivity contribution in [3.8, 4) is 0 Å². The topological polar surface area (TPSA) is 99.8 Å². The summed E-state index contributed by atoms with van der Waals surface area (Å²) in [6.07, 6.45) is 2.29. The van der Waals surface area contributed by atoms with Gasteiger partial charge in [0.1, 0.15) is 11.5 Å². The Labute approximate surface area is 116 Å². The van der Waals surface area contributed by atoms with E-state index in [0.29, 0.717) is 17.6 Å². The number of aliphatic hydroxyl groups excluding tert-OH is 1. The van der Waals surface area contributed by atoms with Crippen molar-refractivity contribution in [1.82, 2.24) is 5.32 Å². The minimum atomic E-state index is -1.60. The van der Waals surface area contributed by atoms with E-state index < -0.39 is 18.0 Å². The molecule has 3 N–H and O–H groups in total. The van der Waals surface area contributed by atoms with Gasteiger partial charge in [0.25, 0.3) is 0 Å². The highest BCUT2D eigenvalue weighted by Crippen LogP contribution is 2.47. The third kappa shape index (κ3) is 3.71. The molecule has 0 bridgehead atoms. The molecule has 0 saturated heterocycles. The Balaban J connectivity index is 1.81. The van der Waals surface area contributed by atoms with Gasteiger partial charge >= 0.3 is 5.97 Å². The van der Waals surface area contributed by atoms with E-state index in [-0.39, 0.29) is 6.54 Å². The number of furan rings is 1. The summed E-state index contributed by atoms with van der Waals surface area (Å²) in [6, 6.07) is 3.69. The van der Waals surface area contributed by atoms with E-state index in [4.69, 9.17) is 14.6 Å². The van der Waals surface area contributed by atoms with Crippen molar-refractivity contribution >= 4 is 18.0 Å². The molecule has 1 aliphatic rings. The van der Waals surface area contributed by atoms with Crippen LogP contribution in [0.25, 0.3) is 6.08 Å². The van der Waals surface area contributed by atoms with Crippen molar-refractivity contribution in [2.45, 2.75) is 25.4 Å². The zero-order valence-electron chi connectivity index (χ0n) is 11.1. The van der Waals surface area contributed by atoms with Crippen molar-refractivity contribution in [2.24, 2.45) is 5.92 Å². The van der Waals surface area contributed by atoms with E-state index in [1.165, 1.54) is 12.2 Å². The lowest BCUT2D eigenvalue weighted by atomic mass is 10.3. The average molecular weight is 279 g/mol. The monoisotopic (exact) mass is 279 g/mol. The molecule has 20 heavy (non-hydrogen) atoms. The number of nitrogens with one attached hydrogen (secondary N) is 1. The molecular weight excluding hydrogens is 262 g/mol. The van der Waals surface area contributed by atoms with Gasteiger partial charge in [0.2, 0.25) is 5.91 Å². The lowest BCUT2D eigenvalue weighted by molar-refractivity contribution is -0.146. The first-order valence-electron chi connectivity index (χ1n) is 6.44. The minimum absolute atomic E-state index is 0.332. The number of aliphatic hydroxyl groups is 1. The molecule has 2 rings (SSSR count). The number of carbonyl (C=O) groups excluding carboxylic acids is 1. The van der Waals surface area contributed by atoms with Gasteiger partial charge in [-0.3, -0.25) is 4.79 Å². The third-order valence-corrected chi connectivity index (χ3v) is 3.28. The van der Waals surface area contributed by atoms with Crippen LogP contribution in [-0.4, -0.2) is 34.7 Å². The minimum Gasteiger partial charge on any atom is -0.479 e. The van der Waals surface area contributed by atoms with E-state index in [2.05, 4.69) is 12.2 Å². The van der Waals surface area contributed by atoms with Crippen LogP contribution in [0, 0.1) is 5.92 Å². The largest absolute Gasteiger partial charge is 0.479 e. The van der Waals surface area contributed by atoms with Crippen LogP contribution in [0.2, 0.25) is 0 Å². The maximum absolute atomic E-state index is 11.4. The molecule has 1 heterocycles. The van der Waals surface area contributed by atoms with Crippen LogP contribution in [0.5, 0.6) is 0 Å². The lowest BCUT2D eigenvalue weighted by Gasteiger charge is -2.04. The van der Waals surface area contributed by atoms with Gasteiger partial charge in [-0.05, 0) is 30.5 Å². The molecule has 0 spiro atoms. The second-order valence-corrected chi connectivity index (χ2v) is 4.99. The fraction of sp³-hybridized carbons (Fsp3) is 0.429. The molecule has 1 aromatic heterocycles. The lowest BCUT2D eigenvalue weighted by Crippen LogP contribution is -2.35. The standard InChI is InChI=1S/C14H17NO5/c1-8-6-10(8)12-4-2-9(20-12)3-5-13(17)15-7-11(16)14(18)19/h2-5,8,10-11,16H,6-7H2,1H3,(H,15,17)(H,18,19)/b5-3+/t8?,10?,11-/m0/s1. The summed E-state index contributed by atoms with van der Waals surface area (Å²) in [5.41, 5.74) is 0. The highest BCUT2D eigenvalue weighted by molar-refractivity contribution is 5.91. The van der Waals surface area contributed by atoms with Gasteiger partial charge in [-0.2, -0.15) is 0 Å². The van der Waals surface area contributed by atoms with Crippen molar-refractivity contribution in [2.75, 3.05) is 6.54 Å². The number of carbonyl (C=O) groups is 2. The van der Waals surface area contributed by atoms with Crippen LogP contribution in [0.4, 0.5) is 0 Å². The third-order valence-electron chi connectivity index (χ3n) is 3.28. The number of aliphatic carboxylic acids is 1. The first-order valence-corrected chi connectivity index (χ1v) is 6.44. The van der Waals surface area contributed by atoms with Gasteiger partial charge in [0, 0.05) is 12.0 Å². The van der Waals surface area contributed by atoms with Crippen LogP contribution < -0.4 is 5.32 Å². The molecule has 0 aliphatic heterocycles. The fourth-order valence-corrected chi connectivity index (χ4v) is 1.88. The molecule has 6 nitrogen and oxygen atoms in total. The average Bonchev–Trinajstić information content (AvgIpc) is 2.96. The summed E-state index contributed by atoms with van der Waals surface area (Å²) in [5.74, 6) is 0.786. The predicted molar refractivity (Wildman–Crippen MR) is 70.9 cm³/mol. The zero-order valence-corrected chi connectivity index (χ0v) is 11.1. The Morgan fingerprint density at radius 3 is 2.85 bits per heavy atom. The molecule has 1 saturated carbocycles. The highest BCUT2D eigenvalue weighted by Gasteiger charge is 2.36. The Kier molecular flexibility index (Phi) is 4.24. The van der Waals surface area contributed by atoms with Crippen LogP contribution in [0.15, 0.2) is 22.6 Å². The number of carboxylic acid groups (broad SMARTS) is 1. The normalized spacial score (nSPS) is 22.7. The van der Waals surface area contributed by atoms with Crippen molar-refractivity contribution in [3.05, 3.63) is 29.7 Å². The summed E-state index contributed by atoms with van der Waals surface area (Å²) in [4.78, 5) is 21.8. The highest BCUT2D eigenvalue weighted by atomic mass is 16.4. The molecule has 0 radical (unpaired) electrons. The first kappa shape index (κ1) is 14.3. The first-order chi connectivity index (χ1) is 9.47. The number of hydrogen-bond acceptors (Lipinski definition) is 4. The quantitative estimate of drug-likeness (QED) is 0.674. The van der Waals surface area contributed by atoms with Crippen LogP contribution in [0.1, 0.15) is 30.8 Å². The van der Waals surface area contributed by atoms with E-state index in [0.717, 1.165) is 12.2 Å². The molecule has 6 heteroatoms. The van der Waals surface area contributed by atoms with Gasteiger partial charge in [-0.1, -0.05) is 6.92 Å². The Bertz CT molecular complexity index is 533. The number of carboxylic acids is 1. The fourth-order valence-electron chi connectivity index (χ4n) is 1.88. The molecule has 2 unspecified atom stereocenters. The summed E-state index contributed by atoms with van der Waals surface area (Å²) in [7, 11) is 0. The molecule has 1 fully saturated rings. The second kappa shape index (κ2) is 5.92. The predicted octanol–water partition coefficient (Wildman–Crippen LogP) is 0.978. The SMILES string of the molecule is CC1CC1c1ccc(/C=C/C(=O)NC[C@H](O)C(=O)O)o1. The molecule has 0 aromatic carbocycles. The zero-order chi connectivity index (χ0) is 14.7. The Morgan fingerprint density at radius 1 is 1.55 bits per heavy atom. The Hall–Kier alpha value is -2.08. The molecule has 3 atom stereocenters. The number of rotatable bonds is 6. The van der Waals surface area contributed by atoms with Gasteiger partial charge in [0.15, 0.2) is 6.10 Å². The van der Waals surface area contributed by atoms with E-state index in [9.17, 15) is 9.59 Å². The second-order valence-electron chi connectivity index (χ2n) is 4.99. The van der Waals surface area contributed by atoms with Crippen LogP contribution >= 0.6 is 0 Å².